The molecule has 0 radical (unpaired) electrons. The minimum Gasteiger partial charge on any atom is -0.465 e. The van der Waals surface area contributed by atoms with Crippen LogP contribution in [0, 0.1) is 5.41 Å². The van der Waals surface area contributed by atoms with Crippen molar-refractivity contribution in [3.63, 3.8) is 0 Å². The van der Waals surface area contributed by atoms with Gasteiger partial charge in [0.25, 0.3) is 0 Å². The lowest BCUT2D eigenvalue weighted by Crippen LogP contribution is -2.37. The summed E-state index contributed by atoms with van der Waals surface area (Å²) < 4.78 is 6.66. The summed E-state index contributed by atoms with van der Waals surface area (Å²) in [6.45, 7) is 9.36. The van der Waals surface area contributed by atoms with Crippen LogP contribution in [0.3, 0.4) is 0 Å². The van der Waals surface area contributed by atoms with Crippen molar-refractivity contribution in [1.82, 2.24) is 9.78 Å². The van der Waals surface area contributed by atoms with E-state index in [9.17, 15) is 9.59 Å². The van der Waals surface area contributed by atoms with Crippen LogP contribution < -0.4 is 0 Å². The fourth-order valence-corrected chi connectivity index (χ4v) is 1.87. The van der Waals surface area contributed by atoms with Gasteiger partial charge in [0.15, 0.2) is 5.78 Å². The number of esters is 1. The van der Waals surface area contributed by atoms with Crippen LogP contribution in [0.2, 0.25) is 0 Å². The van der Waals surface area contributed by atoms with Crippen LogP contribution in [-0.2, 0) is 33.7 Å². The van der Waals surface area contributed by atoms with Gasteiger partial charge in [0, 0.05) is 5.69 Å². The van der Waals surface area contributed by atoms with Gasteiger partial charge < -0.3 is 4.74 Å². The highest BCUT2D eigenvalue weighted by atomic mass is 16.5. The van der Waals surface area contributed by atoms with E-state index >= 15 is 0 Å². The second-order valence-electron chi connectivity index (χ2n) is 5.26. The van der Waals surface area contributed by atoms with Crippen molar-refractivity contribution in [1.29, 1.82) is 0 Å². The molecular weight excluding hydrogens is 256 g/mol. The number of aryl methyl sites for hydroxylation is 2. The smallest absolute Gasteiger partial charge is 0.319 e. The van der Waals surface area contributed by atoms with Gasteiger partial charge in [-0.15, -0.1) is 0 Å². The van der Waals surface area contributed by atoms with Gasteiger partial charge in [0.1, 0.15) is 12.0 Å². The third-order valence-electron chi connectivity index (χ3n) is 3.41. The molecule has 0 atom stereocenters. The van der Waals surface area contributed by atoms with Gasteiger partial charge in [0.05, 0.1) is 12.3 Å². The maximum absolute atomic E-state index is 12.4. The molecule has 20 heavy (non-hydrogen) atoms. The van der Waals surface area contributed by atoms with Crippen molar-refractivity contribution >= 4 is 11.8 Å². The number of Topliss-reactive ketones (excluding diaryl/α,β-unsaturated/α-hetero) is 1. The number of ether oxygens (including phenoxy) is 1. The summed E-state index contributed by atoms with van der Waals surface area (Å²) in [5.41, 5.74) is 0.831. The summed E-state index contributed by atoms with van der Waals surface area (Å²) >= 11 is 0. The minimum atomic E-state index is -1.14. The molecule has 5 nitrogen and oxygen atoms in total. The highest BCUT2D eigenvalue weighted by Gasteiger charge is 2.37. The van der Waals surface area contributed by atoms with E-state index in [1.54, 1.807) is 25.5 Å². The van der Waals surface area contributed by atoms with Gasteiger partial charge in [-0.05, 0) is 39.7 Å². The lowest BCUT2D eigenvalue weighted by molar-refractivity contribution is -0.158. The molecule has 0 N–H and O–H groups in total. The number of rotatable bonds is 7. The number of aromatic nitrogens is 2. The number of carbonyl (C=O) groups excluding carboxylic acids is 2. The summed E-state index contributed by atoms with van der Waals surface area (Å²) in [6, 6.07) is 2.00. The molecule has 112 valence electrons. The molecule has 5 heteroatoms. The Labute approximate surface area is 120 Å². The summed E-state index contributed by atoms with van der Waals surface area (Å²) in [5, 5.41) is 4.40. The topological polar surface area (TPSA) is 61.2 Å². The van der Waals surface area contributed by atoms with Gasteiger partial charge in [-0.3, -0.25) is 14.3 Å². The fraction of sp³-hybridized carbons (Fsp3) is 0.667. The number of carbonyl (C=O) groups is 2. The van der Waals surface area contributed by atoms with Crippen LogP contribution in [-0.4, -0.2) is 28.1 Å². The van der Waals surface area contributed by atoms with E-state index in [-0.39, 0.29) is 18.9 Å². The zero-order chi connectivity index (χ0) is 15.3. The first-order chi connectivity index (χ1) is 9.36. The Balaban J connectivity index is 2.89. The molecule has 0 saturated heterocycles. The summed E-state index contributed by atoms with van der Waals surface area (Å²) in [4.78, 5) is 24.2. The van der Waals surface area contributed by atoms with Crippen molar-refractivity contribution in [2.45, 2.75) is 54.0 Å². The first-order valence-electron chi connectivity index (χ1n) is 7.12. The van der Waals surface area contributed by atoms with Gasteiger partial charge in [-0.25, -0.2) is 0 Å². The zero-order valence-electron chi connectivity index (χ0n) is 13.0. The zero-order valence-corrected chi connectivity index (χ0v) is 13.0. The molecule has 0 aliphatic carbocycles. The number of ketones is 1. The quantitative estimate of drug-likeness (QED) is 0.567. The van der Waals surface area contributed by atoms with Gasteiger partial charge in [-0.2, -0.15) is 5.10 Å². The molecule has 0 spiro atoms. The van der Waals surface area contributed by atoms with Gasteiger partial charge >= 0.3 is 5.97 Å². The lowest BCUT2D eigenvalue weighted by Gasteiger charge is -2.21. The fourth-order valence-electron chi connectivity index (χ4n) is 1.87. The van der Waals surface area contributed by atoms with Crippen LogP contribution in [0.15, 0.2) is 6.07 Å². The second kappa shape index (κ2) is 6.68. The number of hydrogen-bond donors (Lipinski definition) is 0. The highest BCUT2D eigenvalue weighted by molar-refractivity contribution is 6.02. The minimum absolute atomic E-state index is 0.106. The van der Waals surface area contributed by atoms with Crippen LogP contribution in [0.1, 0.15) is 46.0 Å². The largest absolute Gasteiger partial charge is 0.465 e. The molecule has 0 aromatic carbocycles. The summed E-state index contributed by atoms with van der Waals surface area (Å²) in [6.07, 6.45) is 1.63. The maximum atomic E-state index is 12.4. The predicted molar refractivity (Wildman–Crippen MR) is 76.4 cm³/mol. The van der Waals surface area contributed by atoms with E-state index in [0.717, 1.165) is 24.2 Å². The van der Waals surface area contributed by atoms with Crippen molar-refractivity contribution in [2.24, 2.45) is 5.41 Å². The van der Waals surface area contributed by atoms with E-state index in [1.807, 2.05) is 19.9 Å². The lowest BCUT2D eigenvalue weighted by atomic mass is 9.88. The Hall–Kier alpha value is -1.65. The van der Waals surface area contributed by atoms with Crippen molar-refractivity contribution in [3.8, 4) is 0 Å². The first kappa shape index (κ1) is 16.4. The molecule has 1 heterocycles. The molecule has 1 aromatic heterocycles. The predicted octanol–water partition coefficient (Wildman–Crippen LogP) is 2.17. The molecule has 0 bridgehead atoms. The third kappa shape index (κ3) is 3.46. The van der Waals surface area contributed by atoms with E-state index in [2.05, 4.69) is 5.10 Å². The molecule has 0 aliphatic rings. The Morgan fingerprint density at radius 2 is 1.90 bits per heavy atom. The molecular formula is C15H24N2O3. The Morgan fingerprint density at radius 1 is 1.25 bits per heavy atom. The molecule has 0 aliphatic heterocycles. The monoisotopic (exact) mass is 280 g/mol. The average Bonchev–Trinajstić information content (AvgIpc) is 2.81. The van der Waals surface area contributed by atoms with Crippen LogP contribution in [0.4, 0.5) is 0 Å². The SMILES string of the molecule is CCOC(=O)C(C)(C)C(=O)Cn1nc(CC)cc1CC. The Kier molecular flexibility index (Phi) is 5.48. The molecule has 0 fully saturated rings. The molecule has 0 saturated carbocycles. The van der Waals surface area contributed by atoms with Crippen LogP contribution in [0.25, 0.3) is 0 Å². The van der Waals surface area contributed by atoms with Gasteiger partial charge in [0.2, 0.25) is 0 Å². The number of nitrogens with zero attached hydrogens (tertiary/aromatic N) is 2. The molecule has 1 aromatic rings. The van der Waals surface area contributed by atoms with Crippen LogP contribution >= 0.6 is 0 Å². The maximum Gasteiger partial charge on any atom is 0.319 e. The van der Waals surface area contributed by atoms with Crippen molar-refractivity contribution < 1.29 is 14.3 Å². The van der Waals surface area contributed by atoms with Crippen molar-refractivity contribution in [2.75, 3.05) is 6.61 Å². The van der Waals surface area contributed by atoms with Crippen LogP contribution in [0.5, 0.6) is 0 Å². The molecule has 1 rings (SSSR count). The highest BCUT2D eigenvalue weighted by Crippen LogP contribution is 2.20. The van der Waals surface area contributed by atoms with E-state index in [4.69, 9.17) is 4.74 Å². The van der Waals surface area contributed by atoms with E-state index in [0.29, 0.717) is 0 Å². The van der Waals surface area contributed by atoms with E-state index in [1.165, 1.54) is 0 Å². The average molecular weight is 280 g/mol. The Bertz CT molecular complexity index is 489. The number of hydrogen-bond acceptors (Lipinski definition) is 4. The standard InChI is InChI=1S/C15H24N2O3/c1-6-11-9-12(7-2)17(16-11)10-13(18)15(4,5)14(19)20-8-3/h9H,6-8,10H2,1-5H3. The summed E-state index contributed by atoms with van der Waals surface area (Å²) in [7, 11) is 0. The van der Waals surface area contributed by atoms with E-state index < -0.39 is 11.4 Å². The second-order valence-corrected chi connectivity index (χ2v) is 5.26. The Morgan fingerprint density at radius 3 is 2.40 bits per heavy atom. The van der Waals surface area contributed by atoms with Gasteiger partial charge in [-0.1, -0.05) is 13.8 Å². The normalized spacial score (nSPS) is 11.4. The first-order valence-corrected chi connectivity index (χ1v) is 7.12. The molecule has 0 unspecified atom stereocenters. The van der Waals surface area contributed by atoms with Crippen molar-refractivity contribution in [3.05, 3.63) is 17.5 Å². The summed E-state index contributed by atoms with van der Waals surface area (Å²) in [5.74, 6) is -0.665. The molecule has 0 amide bonds. The third-order valence-corrected chi connectivity index (χ3v) is 3.41.